The summed E-state index contributed by atoms with van der Waals surface area (Å²) < 4.78 is 11.4. The molecule has 1 amide bonds. The van der Waals surface area contributed by atoms with Crippen molar-refractivity contribution < 1.29 is 14.3 Å². The van der Waals surface area contributed by atoms with Crippen molar-refractivity contribution in [2.24, 2.45) is 11.1 Å². The van der Waals surface area contributed by atoms with E-state index in [2.05, 4.69) is 0 Å². The van der Waals surface area contributed by atoms with Crippen molar-refractivity contribution in [3.63, 3.8) is 0 Å². The van der Waals surface area contributed by atoms with Crippen LogP contribution in [0.5, 0.6) is 0 Å². The first kappa shape index (κ1) is 16.7. The molecule has 2 fully saturated rings. The van der Waals surface area contributed by atoms with Crippen molar-refractivity contribution >= 4 is 5.91 Å². The number of likely N-dealkylation sites (N-methyl/N-ethyl adjacent to an activating group) is 1. The number of hydrogen-bond donors (Lipinski definition) is 1. The van der Waals surface area contributed by atoms with Crippen molar-refractivity contribution in [3.05, 3.63) is 0 Å². The molecule has 0 radical (unpaired) electrons. The summed E-state index contributed by atoms with van der Waals surface area (Å²) in [6, 6.07) is 0. The Morgan fingerprint density at radius 3 is 2.62 bits per heavy atom. The molecule has 0 aromatic rings. The molecule has 5 heteroatoms. The fourth-order valence-electron chi connectivity index (χ4n) is 3.47. The van der Waals surface area contributed by atoms with Crippen molar-refractivity contribution in [1.82, 2.24) is 4.90 Å². The highest BCUT2D eigenvalue weighted by atomic mass is 16.5. The zero-order valence-corrected chi connectivity index (χ0v) is 13.9. The first-order valence-electron chi connectivity index (χ1n) is 8.18. The van der Waals surface area contributed by atoms with Crippen molar-refractivity contribution in [2.75, 3.05) is 26.3 Å². The smallest absolute Gasteiger partial charge is 0.243 e. The van der Waals surface area contributed by atoms with Gasteiger partial charge in [0.2, 0.25) is 5.91 Å². The average molecular weight is 298 g/mol. The number of carbonyl (C=O) groups excluding carboxylic acids is 1. The van der Waals surface area contributed by atoms with E-state index in [4.69, 9.17) is 15.2 Å². The second-order valence-electron chi connectivity index (χ2n) is 6.82. The van der Waals surface area contributed by atoms with E-state index < -0.39 is 5.54 Å². The van der Waals surface area contributed by atoms with Crippen LogP contribution in [0.1, 0.15) is 47.0 Å². The molecule has 0 aromatic carbocycles. The van der Waals surface area contributed by atoms with E-state index >= 15 is 0 Å². The van der Waals surface area contributed by atoms with Crippen LogP contribution in [0.3, 0.4) is 0 Å². The standard InChI is InChI=1S/C16H30N2O3/c1-5-18(11-12-8-7-9-21-12)14(19)16(17)10-13(20-6-2)15(16,3)4/h12-13H,5-11,17H2,1-4H3. The van der Waals surface area contributed by atoms with Crippen LogP contribution in [0.25, 0.3) is 0 Å². The highest BCUT2D eigenvalue weighted by Crippen LogP contribution is 2.50. The van der Waals surface area contributed by atoms with E-state index in [9.17, 15) is 4.79 Å². The highest BCUT2D eigenvalue weighted by Gasteiger charge is 2.63. The number of ether oxygens (including phenoxy) is 2. The maximum Gasteiger partial charge on any atom is 0.243 e. The molecule has 2 rings (SSSR count). The number of nitrogens with two attached hydrogens (primary N) is 1. The number of carbonyl (C=O) groups is 1. The predicted molar refractivity (Wildman–Crippen MR) is 82.0 cm³/mol. The molecule has 0 bridgehead atoms. The van der Waals surface area contributed by atoms with Gasteiger partial charge < -0.3 is 20.1 Å². The topological polar surface area (TPSA) is 64.8 Å². The van der Waals surface area contributed by atoms with E-state index in [1.54, 1.807) is 0 Å². The van der Waals surface area contributed by atoms with Gasteiger partial charge in [0, 0.05) is 38.1 Å². The van der Waals surface area contributed by atoms with Gasteiger partial charge in [-0.25, -0.2) is 0 Å². The summed E-state index contributed by atoms with van der Waals surface area (Å²) in [5.74, 6) is 0.0430. The molecule has 1 heterocycles. The number of amides is 1. The average Bonchev–Trinajstić information content (AvgIpc) is 2.96. The molecule has 1 aliphatic heterocycles. The fraction of sp³-hybridized carbons (Fsp3) is 0.938. The predicted octanol–water partition coefficient (Wildman–Crippen LogP) is 1.55. The first-order valence-corrected chi connectivity index (χ1v) is 8.18. The number of rotatable bonds is 6. The Bertz CT molecular complexity index is 380. The first-order chi connectivity index (χ1) is 9.86. The van der Waals surface area contributed by atoms with Gasteiger partial charge in [0.1, 0.15) is 5.54 Å². The van der Waals surface area contributed by atoms with Gasteiger partial charge in [-0.1, -0.05) is 13.8 Å². The zero-order valence-electron chi connectivity index (χ0n) is 13.9. The minimum Gasteiger partial charge on any atom is -0.378 e. The largest absolute Gasteiger partial charge is 0.378 e. The Kier molecular flexibility index (Phi) is 4.96. The van der Waals surface area contributed by atoms with E-state index in [1.807, 2.05) is 32.6 Å². The van der Waals surface area contributed by atoms with Crippen LogP contribution in [-0.2, 0) is 14.3 Å². The Balaban J connectivity index is 2.03. The van der Waals surface area contributed by atoms with E-state index in [0.29, 0.717) is 26.1 Å². The summed E-state index contributed by atoms with van der Waals surface area (Å²) in [4.78, 5) is 14.8. The zero-order chi connectivity index (χ0) is 15.7. The van der Waals surface area contributed by atoms with Gasteiger partial charge in [-0.05, 0) is 26.7 Å². The van der Waals surface area contributed by atoms with E-state index in [1.165, 1.54) is 0 Å². The van der Waals surface area contributed by atoms with E-state index in [-0.39, 0.29) is 23.5 Å². The second kappa shape index (κ2) is 6.23. The minimum atomic E-state index is -0.818. The summed E-state index contributed by atoms with van der Waals surface area (Å²) in [6.45, 7) is 10.8. The molecular formula is C16H30N2O3. The van der Waals surface area contributed by atoms with Gasteiger partial charge in [-0.15, -0.1) is 0 Å². The van der Waals surface area contributed by atoms with Crippen LogP contribution in [0.2, 0.25) is 0 Å². The molecule has 122 valence electrons. The van der Waals surface area contributed by atoms with Gasteiger partial charge in [-0.2, -0.15) is 0 Å². The van der Waals surface area contributed by atoms with Gasteiger partial charge in [0.25, 0.3) is 0 Å². The van der Waals surface area contributed by atoms with Gasteiger partial charge in [-0.3, -0.25) is 4.79 Å². The van der Waals surface area contributed by atoms with Crippen molar-refractivity contribution in [3.8, 4) is 0 Å². The summed E-state index contributed by atoms with van der Waals surface area (Å²) in [5.41, 5.74) is 5.34. The SMILES string of the molecule is CCOC1CC(N)(C(=O)N(CC)CC2CCCO2)C1(C)C. The van der Waals surface area contributed by atoms with Crippen LogP contribution in [0, 0.1) is 5.41 Å². The van der Waals surface area contributed by atoms with Crippen molar-refractivity contribution in [1.29, 1.82) is 0 Å². The highest BCUT2D eigenvalue weighted by molar-refractivity contribution is 5.89. The quantitative estimate of drug-likeness (QED) is 0.808. The molecule has 3 atom stereocenters. The van der Waals surface area contributed by atoms with Crippen LogP contribution in [0.15, 0.2) is 0 Å². The lowest BCUT2D eigenvalue weighted by Gasteiger charge is -2.58. The Labute approximate surface area is 128 Å². The Morgan fingerprint density at radius 2 is 2.14 bits per heavy atom. The molecule has 1 saturated heterocycles. The van der Waals surface area contributed by atoms with Gasteiger partial charge in [0.15, 0.2) is 0 Å². The van der Waals surface area contributed by atoms with Crippen LogP contribution < -0.4 is 5.73 Å². The molecule has 0 spiro atoms. The maximum atomic E-state index is 12.9. The molecule has 5 nitrogen and oxygen atoms in total. The molecule has 2 aliphatic rings. The summed E-state index contributed by atoms with van der Waals surface area (Å²) in [6.07, 6.45) is 2.96. The van der Waals surface area contributed by atoms with Gasteiger partial charge in [0.05, 0.1) is 12.2 Å². The summed E-state index contributed by atoms with van der Waals surface area (Å²) in [5, 5.41) is 0. The number of nitrogens with zero attached hydrogens (tertiary/aromatic N) is 1. The number of hydrogen-bond acceptors (Lipinski definition) is 4. The lowest BCUT2D eigenvalue weighted by atomic mass is 9.54. The third-order valence-electron chi connectivity index (χ3n) is 5.33. The molecule has 3 unspecified atom stereocenters. The third-order valence-corrected chi connectivity index (χ3v) is 5.33. The van der Waals surface area contributed by atoms with Crippen LogP contribution >= 0.6 is 0 Å². The van der Waals surface area contributed by atoms with Crippen LogP contribution in [0.4, 0.5) is 0 Å². The molecule has 21 heavy (non-hydrogen) atoms. The van der Waals surface area contributed by atoms with Crippen LogP contribution in [-0.4, -0.2) is 54.9 Å². The monoisotopic (exact) mass is 298 g/mol. The second-order valence-corrected chi connectivity index (χ2v) is 6.82. The Hall–Kier alpha value is -0.650. The minimum absolute atomic E-state index is 0.0430. The maximum absolute atomic E-state index is 12.9. The molecule has 1 saturated carbocycles. The van der Waals surface area contributed by atoms with Crippen molar-refractivity contribution in [2.45, 2.75) is 64.7 Å². The molecule has 0 aromatic heterocycles. The van der Waals surface area contributed by atoms with Gasteiger partial charge >= 0.3 is 0 Å². The lowest BCUT2D eigenvalue weighted by molar-refractivity contribution is -0.180. The third kappa shape index (κ3) is 2.83. The summed E-state index contributed by atoms with van der Waals surface area (Å²) >= 11 is 0. The lowest BCUT2D eigenvalue weighted by Crippen LogP contribution is -2.76. The molecule has 2 N–H and O–H groups in total. The fourth-order valence-corrected chi connectivity index (χ4v) is 3.47. The molecular weight excluding hydrogens is 268 g/mol. The molecule has 1 aliphatic carbocycles. The normalized spacial score (nSPS) is 34.5. The summed E-state index contributed by atoms with van der Waals surface area (Å²) in [7, 11) is 0. The van der Waals surface area contributed by atoms with E-state index in [0.717, 1.165) is 19.4 Å². The Morgan fingerprint density at radius 1 is 1.43 bits per heavy atom.